The van der Waals surface area contributed by atoms with E-state index in [-0.39, 0.29) is 18.2 Å². The molecule has 0 spiro atoms. The molecular formula is C23H21BF4N2O2. The van der Waals surface area contributed by atoms with Crippen LogP contribution in [-0.4, -0.2) is 31.6 Å². The molecule has 1 amide bonds. The monoisotopic (exact) mass is 444 g/mol. The fraction of sp³-hybridized carbons (Fsp3) is 0.261. The number of amides is 1. The number of hydrogen-bond acceptors (Lipinski definition) is 2. The molecular weight excluding hydrogens is 423 g/mol. The molecule has 1 aromatic heterocycles. The molecule has 2 aromatic carbocycles. The average Bonchev–Trinajstić information content (AvgIpc) is 2.99. The van der Waals surface area contributed by atoms with Gasteiger partial charge in [0.1, 0.15) is 19.4 Å². The van der Waals surface area contributed by atoms with Gasteiger partial charge in [-0.05, 0) is 68.2 Å². The SMILES string of the molecule is [B]c1cc(F)c2[nH]c(C)c(CCNC(=O)/C(C)=C/c3cc(OC(F)(F)F)ccc3C)c2c1. The lowest BCUT2D eigenvalue weighted by atomic mass is 9.93. The van der Waals surface area contributed by atoms with Crippen molar-refractivity contribution >= 4 is 36.2 Å². The van der Waals surface area contributed by atoms with Gasteiger partial charge in [-0.1, -0.05) is 17.6 Å². The van der Waals surface area contributed by atoms with Crippen molar-refractivity contribution in [2.24, 2.45) is 0 Å². The van der Waals surface area contributed by atoms with Gasteiger partial charge in [0.2, 0.25) is 5.91 Å². The molecule has 3 aromatic rings. The van der Waals surface area contributed by atoms with E-state index in [2.05, 4.69) is 15.0 Å². The Balaban J connectivity index is 1.70. The van der Waals surface area contributed by atoms with E-state index in [4.69, 9.17) is 7.85 Å². The predicted molar refractivity (Wildman–Crippen MR) is 117 cm³/mol. The van der Waals surface area contributed by atoms with Crippen LogP contribution in [-0.2, 0) is 11.2 Å². The Morgan fingerprint density at radius 2 is 1.94 bits per heavy atom. The van der Waals surface area contributed by atoms with Gasteiger partial charge >= 0.3 is 6.36 Å². The minimum atomic E-state index is -4.79. The molecule has 0 aliphatic heterocycles. The first-order chi connectivity index (χ1) is 14.9. The maximum atomic E-state index is 14.1. The number of alkyl halides is 3. The summed E-state index contributed by atoms with van der Waals surface area (Å²) in [6.45, 7) is 5.39. The predicted octanol–water partition coefficient (Wildman–Crippen LogP) is 4.38. The first kappa shape index (κ1) is 23.4. The number of carbonyl (C=O) groups is 1. The molecule has 2 radical (unpaired) electrons. The molecule has 0 aliphatic rings. The standard InChI is InChI=1S/C23H21BF4N2O2/c1-12-4-5-17(32-23(26,27)28)9-15(12)8-13(2)22(31)29-7-6-18-14(3)30-21-19(18)10-16(24)11-20(21)25/h4-5,8-11,30H,6-7H2,1-3H3,(H,29,31)/b13-8+. The normalized spacial score (nSPS) is 12.3. The lowest BCUT2D eigenvalue weighted by Gasteiger charge is -2.11. The molecule has 166 valence electrons. The Morgan fingerprint density at radius 1 is 1.22 bits per heavy atom. The minimum Gasteiger partial charge on any atom is -0.406 e. The van der Waals surface area contributed by atoms with Crippen molar-refractivity contribution in [3.8, 4) is 5.75 Å². The Labute approximate surface area is 184 Å². The maximum absolute atomic E-state index is 14.1. The van der Waals surface area contributed by atoms with E-state index in [1.54, 1.807) is 19.9 Å². The Hall–Kier alpha value is -3.23. The average molecular weight is 444 g/mol. The van der Waals surface area contributed by atoms with Gasteiger partial charge in [-0.25, -0.2) is 4.39 Å². The van der Waals surface area contributed by atoms with Crippen molar-refractivity contribution in [2.45, 2.75) is 33.6 Å². The zero-order chi connectivity index (χ0) is 23.6. The zero-order valence-corrected chi connectivity index (χ0v) is 17.8. The molecule has 2 N–H and O–H groups in total. The highest BCUT2D eigenvalue weighted by Crippen LogP contribution is 2.26. The highest BCUT2D eigenvalue weighted by Gasteiger charge is 2.31. The first-order valence-electron chi connectivity index (χ1n) is 9.83. The molecule has 0 saturated heterocycles. The molecule has 0 saturated carbocycles. The van der Waals surface area contributed by atoms with E-state index in [1.807, 2.05) is 6.92 Å². The van der Waals surface area contributed by atoms with Crippen LogP contribution in [0.3, 0.4) is 0 Å². The van der Waals surface area contributed by atoms with Crippen molar-refractivity contribution in [1.82, 2.24) is 10.3 Å². The Bertz CT molecular complexity index is 1200. The maximum Gasteiger partial charge on any atom is 0.573 e. The third-order valence-corrected chi connectivity index (χ3v) is 5.08. The summed E-state index contributed by atoms with van der Waals surface area (Å²) < 4.78 is 55.4. The van der Waals surface area contributed by atoms with Gasteiger partial charge in [0, 0.05) is 23.2 Å². The molecule has 9 heteroatoms. The van der Waals surface area contributed by atoms with E-state index in [9.17, 15) is 22.4 Å². The summed E-state index contributed by atoms with van der Waals surface area (Å²) in [5, 5.41) is 3.44. The summed E-state index contributed by atoms with van der Waals surface area (Å²) in [6, 6.07) is 6.86. The number of rotatable bonds is 6. The number of benzene rings is 2. The number of halogens is 4. The summed E-state index contributed by atoms with van der Waals surface area (Å²) in [7, 11) is 5.75. The molecule has 0 fully saturated rings. The molecule has 0 atom stereocenters. The van der Waals surface area contributed by atoms with Crippen LogP contribution in [0.25, 0.3) is 17.0 Å². The van der Waals surface area contributed by atoms with Crippen molar-refractivity contribution in [2.75, 3.05) is 6.54 Å². The summed E-state index contributed by atoms with van der Waals surface area (Å²) in [5.74, 6) is -1.16. The van der Waals surface area contributed by atoms with Crippen LogP contribution in [0, 0.1) is 19.7 Å². The first-order valence-corrected chi connectivity index (χ1v) is 9.83. The molecule has 32 heavy (non-hydrogen) atoms. The summed E-state index contributed by atoms with van der Waals surface area (Å²) in [4.78, 5) is 15.5. The number of fused-ring (bicyclic) bond motifs is 1. The number of hydrogen-bond donors (Lipinski definition) is 2. The quantitative estimate of drug-likeness (QED) is 0.337. The van der Waals surface area contributed by atoms with E-state index in [0.717, 1.165) is 11.3 Å². The van der Waals surface area contributed by atoms with Crippen molar-refractivity contribution in [1.29, 1.82) is 0 Å². The van der Waals surface area contributed by atoms with E-state index >= 15 is 0 Å². The minimum absolute atomic E-state index is 0.282. The van der Waals surface area contributed by atoms with E-state index in [1.165, 1.54) is 30.3 Å². The van der Waals surface area contributed by atoms with Gasteiger partial charge in [-0.3, -0.25) is 4.79 Å². The molecule has 0 unspecified atom stereocenters. The number of aryl methyl sites for hydroxylation is 2. The van der Waals surface area contributed by atoms with Crippen LogP contribution in [0.1, 0.15) is 29.3 Å². The van der Waals surface area contributed by atoms with Crippen molar-refractivity contribution in [3.05, 3.63) is 64.1 Å². The van der Waals surface area contributed by atoms with Gasteiger partial charge in [0.25, 0.3) is 0 Å². The van der Waals surface area contributed by atoms with Gasteiger partial charge in [0.15, 0.2) is 0 Å². The Morgan fingerprint density at radius 3 is 2.62 bits per heavy atom. The fourth-order valence-corrected chi connectivity index (χ4v) is 3.49. The molecule has 3 rings (SSSR count). The lowest BCUT2D eigenvalue weighted by molar-refractivity contribution is -0.274. The highest BCUT2D eigenvalue weighted by molar-refractivity contribution is 6.33. The largest absolute Gasteiger partial charge is 0.573 e. The zero-order valence-electron chi connectivity index (χ0n) is 17.8. The number of ether oxygens (including phenoxy) is 1. The summed E-state index contributed by atoms with van der Waals surface area (Å²) in [6.07, 6.45) is -2.85. The Kier molecular flexibility index (Phi) is 6.67. The van der Waals surface area contributed by atoms with Crippen LogP contribution in [0.2, 0.25) is 0 Å². The fourth-order valence-electron chi connectivity index (χ4n) is 3.49. The van der Waals surface area contributed by atoms with Crippen LogP contribution >= 0.6 is 0 Å². The van der Waals surface area contributed by atoms with Crippen LogP contribution in [0.5, 0.6) is 5.75 Å². The van der Waals surface area contributed by atoms with Crippen molar-refractivity contribution in [3.63, 3.8) is 0 Å². The highest BCUT2D eigenvalue weighted by atomic mass is 19.4. The van der Waals surface area contributed by atoms with Crippen LogP contribution in [0.15, 0.2) is 35.9 Å². The second-order valence-corrected chi connectivity index (χ2v) is 7.55. The molecule has 1 heterocycles. The number of carbonyl (C=O) groups excluding carboxylic acids is 1. The van der Waals surface area contributed by atoms with Gasteiger partial charge in [-0.2, -0.15) is 0 Å². The molecule has 0 aliphatic carbocycles. The third-order valence-electron chi connectivity index (χ3n) is 5.08. The smallest absolute Gasteiger partial charge is 0.406 e. The van der Waals surface area contributed by atoms with Gasteiger partial charge in [0.05, 0.1) is 5.52 Å². The third kappa shape index (κ3) is 5.52. The number of aromatic nitrogens is 1. The van der Waals surface area contributed by atoms with E-state index < -0.39 is 12.2 Å². The number of aromatic amines is 1. The summed E-state index contributed by atoms with van der Waals surface area (Å²) in [5.41, 5.74) is 3.77. The van der Waals surface area contributed by atoms with Crippen LogP contribution in [0.4, 0.5) is 17.6 Å². The number of nitrogens with one attached hydrogen (secondary N) is 2. The molecule has 4 nitrogen and oxygen atoms in total. The van der Waals surface area contributed by atoms with Crippen molar-refractivity contribution < 1.29 is 27.1 Å². The van der Waals surface area contributed by atoms with Gasteiger partial charge < -0.3 is 15.0 Å². The van der Waals surface area contributed by atoms with Crippen LogP contribution < -0.4 is 15.5 Å². The number of H-pyrrole nitrogens is 1. The summed E-state index contributed by atoms with van der Waals surface area (Å²) >= 11 is 0. The lowest BCUT2D eigenvalue weighted by Crippen LogP contribution is -2.26. The second-order valence-electron chi connectivity index (χ2n) is 7.55. The topological polar surface area (TPSA) is 54.1 Å². The molecule has 0 bridgehead atoms. The van der Waals surface area contributed by atoms with E-state index in [0.29, 0.717) is 39.5 Å². The second kappa shape index (κ2) is 9.10. The van der Waals surface area contributed by atoms with Gasteiger partial charge in [-0.15, -0.1) is 13.2 Å².